The minimum absolute atomic E-state index is 0.00207. The van der Waals surface area contributed by atoms with Gasteiger partial charge < -0.3 is 39.7 Å². The standard InChI is InChI=1S/C41H71N5O12/c1-7-29(36(48)44-28(3)4)15-16-41(6,39(50)43-20-10-22-56-32-12-14-35(46(53)54)33(26-32)37-57-23-24-58-37)18-17-40(5,8-2)38(49)42-19-9-21-55-31-11-13-34(45(51)52)30(25-31)27-47/h27-35,37H,7-26H2,1-6H3,(H,42,49)(H,43,50)(H,44,48). The molecule has 2 saturated carbocycles. The highest BCUT2D eigenvalue weighted by Gasteiger charge is 2.45. The summed E-state index contributed by atoms with van der Waals surface area (Å²) in [4.78, 5) is 74.3. The normalized spacial score (nSPS) is 26.5. The average Bonchev–Trinajstić information content (AvgIpc) is 3.74. The van der Waals surface area contributed by atoms with Crippen molar-refractivity contribution in [2.24, 2.45) is 28.6 Å². The van der Waals surface area contributed by atoms with Crippen LogP contribution < -0.4 is 16.0 Å². The molecule has 0 aromatic heterocycles. The number of hydrogen-bond acceptors (Lipinski definition) is 12. The number of nitrogens with zero attached hydrogens (tertiary/aromatic N) is 2. The Morgan fingerprint density at radius 2 is 1.34 bits per heavy atom. The Hall–Kier alpha value is -3.28. The van der Waals surface area contributed by atoms with Crippen molar-refractivity contribution < 1.29 is 48.0 Å². The van der Waals surface area contributed by atoms with Crippen LogP contribution in [-0.2, 0) is 38.1 Å². The number of amides is 3. The van der Waals surface area contributed by atoms with Crippen molar-refractivity contribution in [2.45, 2.75) is 168 Å². The lowest BCUT2D eigenvalue weighted by Crippen LogP contribution is -2.45. The average molecular weight is 826 g/mol. The zero-order chi connectivity index (χ0) is 42.9. The maximum absolute atomic E-state index is 14.0. The van der Waals surface area contributed by atoms with Gasteiger partial charge in [0.25, 0.3) is 0 Å². The Bertz CT molecular complexity index is 1350. The van der Waals surface area contributed by atoms with Gasteiger partial charge in [0.05, 0.1) is 37.3 Å². The van der Waals surface area contributed by atoms with Crippen LogP contribution in [0, 0.1) is 48.8 Å². The van der Waals surface area contributed by atoms with Crippen molar-refractivity contribution in [3.05, 3.63) is 20.2 Å². The van der Waals surface area contributed by atoms with E-state index in [4.69, 9.17) is 18.9 Å². The fourth-order valence-corrected chi connectivity index (χ4v) is 8.43. The molecule has 0 radical (unpaired) electrons. The number of nitrogens with one attached hydrogen (secondary N) is 3. The molecule has 9 atom stereocenters. The maximum atomic E-state index is 14.0. The van der Waals surface area contributed by atoms with E-state index in [1.807, 2.05) is 41.5 Å². The predicted molar refractivity (Wildman–Crippen MR) is 215 cm³/mol. The second-order valence-electron chi connectivity index (χ2n) is 17.4. The second kappa shape index (κ2) is 24.1. The topological polar surface area (TPSA) is 228 Å². The summed E-state index contributed by atoms with van der Waals surface area (Å²) in [6, 6.07) is -1.60. The highest BCUT2D eigenvalue weighted by atomic mass is 16.7. The molecule has 3 rings (SSSR count). The monoisotopic (exact) mass is 826 g/mol. The molecule has 0 bridgehead atoms. The van der Waals surface area contributed by atoms with E-state index < -0.39 is 35.1 Å². The first-order chi connectivity index (χ1) is 27.6. The predicted octanol–water partition coefficient (Wildman–Crippen LogP) is 4.77. The van der Waals surface area contributed by atoms with Crippen molar-refractivity contribution in [1.82, 2.24) is 16.0 Å². The van der Waals surface area contributed by atoms with Crippen molar-refractivity contribution >= 4 is 24.0 Å². The molecular formula is C41H71N5O12. The Balaban J connectivity index is 1.53. The zero-order valence-electron chi connectivity index (χ0n) is 35.7. The summed E-state index contributed by atoms with van der Waals surface area (Å²) >= 11 is 0. The molecule has 3 N–H and O–H groups in total. The smallest absolute Gasteiger partial charge is 0.225 e. The van der Waals surface area contributed by atoms with Gasteiger partial charge >= 0.3 is 0 Å². The van der Waals surface area contributed by atoms with Crippen LogP contribution in [0.2, 0.25) is 0 Å². The lowest BCUT2D eigenvalue weighted by molar-refractivity contribution is -0.542. The second-order valence-corrected chi connectivity index (χ2v) is 17.4. The molecule has 332 valence electrons. The van der Waals surface area contributed by atoms with E-state index in [0.29, 0.717) is 136 Å². The minimum Gasteiger partial charge on any atom is -0.378 e. The fraction of sp³-hybridized carbons (Fsp3) is 0.902. The van der Waals surface area contributed by atoms with Crippen LogP contribution in [-0.4, -0.2) is 110 Å². The van der Waals surface area contributed by atoms with E-state index in [9.17, 15) is 39.4 Å². The summed E-state index contributed by atoms with van der Waals surface area (Å²) in [6.45, 7) is 13.9. The van der Waals surface area contributed by atoms with Crippen molar-refractivity contribution in [2.75, 3.05) is 39.5 Å². The first-order valence-corrected chi connectivity index (χ1v) is 21.6. The minimum atomic E-state index is -0.863. The van der Waals surface area contributed by atoms with Crippen LogP contribution in [0.1, 0.15) is 131 Å². The van der Waals surface area contributed by atoms with Gasteiger partial charge in [-0.1, -0.05) is 27.7 Å². The summed E-state index contributed by atoms with van der Waals surface area (Å²) in [5.74, 6) is -1.59. The van der Waals surface area contributed by atoms with Gasteiger partial charge in [-0.25, -0.2) is 0 Å². The van der Waals surface area contributed by atoms with Crippen LogP contribution in [0.3, 0.4) is 0 Å². The maximum Gasteiger partial charge on any atom is 0.225 e. The third kappa shape index (κ3) is 14.8. The molecular weight excluding hydrogens is 754 g/mol. The number of rotatable bonds is 26. The van der Waals surface area contributed by atoms with Crippen molar-refractivity contribution in [3.8, 4) is 0 Å². The molecule has 2 aliphatic carbocycles. The largest absolute Gasteiger partial charge is 0.378 e. The number of ether oxygens (including phenoxy) is 4. The van der Waals surface area contributed by atoms with Crippen LogP contribution in [0.25, 0.3) is 0 Å². The highest BCUT2D eigenvalue weighted by molar-refractivity contribution is 5.84. The van der Waals surface area contributed by atoms with Crippen LogP contribution in [0.15, 0.2) is 0 Å². The molecule has 17 nitrogen and oxygen atoms in total. The number of hydrogen-bond donors (Lipinski definition) is 3. The first-order valence-electron chi connectivity index (χ1n) is 21.6. The molecule has 0 spiro atoms. The molecule has 0 aromatic rings. The van der Waals surface area contributed by atoms with Gasteiger partial charge in [-0.05, 0) is 90.9 Å². The molecule has 1 aliphatic heterocycles. The number of aldehydes is 1. The SMILES string of the molecule is CCC(CCC(C)(CCC(C)(CC)C(=O)NCCCOC1CCC([N+](=O)[O-])C(C=O)C1)C(=O)NCCCOC1CCC([N+](=O)[O-])C(C2OCCO2)C1)C(=O)NC(C)C. The third-order valence-corrected chi connectivity index (χ3v) is 12.7. The Labute approximate surface area is 343 Å². The quantitative estimate of drug-likeness (QED) is 0.0464. The van der Waals surface area contributed by atoms with Crippen molar-refractivity contribution in [1.29, 1.82) is 0 Å². The highest BCUT2D eigenvalue weighted by Crippen LogP contribution is 2.39. The van der Waals surface area contributed by atoms with Crippen molar-refractivity contribution in [3.63, 3.8) is 0 Å². The number of carbonyl (C=O) groups is 4. The van der Waals surface area contributed by atoms with E-state index in [0.717, 1.165) is 0 Å². The molecule has 1 saturated heterocycles. The van der Waals surface area contributed by atoms with Gasteiger partial charge in [0.15, 0.2) is 6.29 Å². The van der Waals surface area contributed by atoms with Crippen LogP contribution in [0.5, 0.6) is 0 Å². The molecule has 0 aromatic carbocycles. The van der Waals surface area contributed by atoms with E-state index in [-0.39, 0.29) is 57.7 Å². The van der Waals surface area contributed by atoms with Crippen LogP contribution in [0.4, 0.5) is 0 Å². The fourth-order valence-electron chi connectivity index (χ4n) is 8.43. The van der Waals surface area contributed by atoms with E-state index >= 15 is 0 Å². The summed E-state index contributed by atoms with van der Waals surface area (Å²) in [7, 11) is 0. The Morgan fingerprint density at radius 1 is 0.810 bits per heavy atom. The van der Waals surface area contributed by atoms with E-state index in [1.165, 1.54) is 0 Å². The Kier molecular flexibility index (Phi) is 20.4. The summed E-state index contributed by atoms with van der Waals surface area (Å²) in [5, 5.41) is 32.1. The first kappa shape index (κ1) is 49.1. The van der Waals surface area contributed by atoms with Gasteiger partial charge in [-0.3, -0.25) is 34.6 Å². The molecule has 3 fully saturated rings. The number of carbonyl (C=O) groups excluding carboxylic acids is 4. The van der Waals surface area contributed by atoms with Gasteiger partial charge in [0, 0.05) is 71.8 Å². The van der Waals surface area contributed by atoms with E-state index in [1.54, 1.807) is 0 Å². The molecule has 3 aliphatic rings. The molecule has 17 heteroatoms. The lowest BCUT2D eigenvalue weighted by atomic mass is 9.71. The Morgan fingerprint density at radius 3 is 1.86 bits per heavy atom. The van der Waals surface area contributed by atoms with Gasteiger partial charge in [0.1, 0.15) is 6.29 Å². The van der Waals surface area contributed by atoms with E-state index in [2.05, 4.69) is 16.0 Å². The number of nitro groups is 2. The summed E-state index contributed by atoms with van der Waals surface area (Å²) in [5.41, 5.74) is -1.62. The van der Waals surface area contributed by atoms with Gasteiger partial charge in [-0.2, -0.15) is 0 Å². The van der Waals surface area contributed by atoms with Gasteiger partial charge in [-0.15, -0.1) is 0 Å². The summed E-state index contributed by atoms with van der Waals surface area (Å²) < 4.78 is 23.3. The molecule has 3 amide bonds. The molecule has 1 heterocycles. The summed E-state index contributed by atoms with van der Waals surface area (Å²) in [6.07, 6.45) is 6.33. The lowest BCUT2D eigenvalue weighted by Gasteiger charge is -2.35. The zero-order valence-corrected chi connectivity index (χ0v) is 35.7. The molecule has 58 heavy (non-hydrogen) atoms. The van der Waals surface area contributed by atoms with Crippen LogP contribution >= 0.6 is 0 Å². The third-order valence-electron chi connectivity index (χ3n) is 12.7. The van der Waals surface area contributed by atoms with Gasteiger partial charge in [0.2, 0.25) is 29.8 Å². The molecule has 9 unspecified atom stereocenters.